The van der Waals surface area contributed by atoms with E-state index in [0.29, 0.717) is 11.3 Å². The van der Waals surface area contributed by atoms with Gasteiger partial charge in [0.05, 0.1) is 23.4 Å². The van der Waals surface area contributed by atoms with Crippen LogP contribution in [-0.2, 0) is 0 Å². The number of nitrogens with zero attached hydrogens (tertiary/aromatic N) is 2. The van der Waals surface area contributed by atoms with Crippen molar-refractivity contribution in [2.45, 2.75) is 37.8 Å². The fraction of sp³-hybridized carbons (Fsp3) is 0.562. The normalized spacial score (nSPS) is 21.9. The molecule has 0 bridgehead atoms. The van der Waals surface area contributed by atoms with Gasteiger partial charge in [0.1, 0.15) is 0 Å². The fourth-order valence-corrected chi connectivity index (χ4v) is 2.98. The smallest absolute Gasteiger partial charge is 0.255 e. The van der Waals surface area contributed by atoms with Crippen molar-refractivity contribution in [1.29, 1.82) is 0 Å². The number of carbonyl (C=O) groups excluding carboxylic acids is 1. The third kappa shape index (κ3) is 3.29. The monoisotopic (exact) mass is 291 g/mol. The van der Waals surface area contributed by atoms with E-state index >= 15 is 0 Å². The highest BCUT2D eigenvalue weighted by molar-refractivity contribution is 6.00. The molecule has 1 aliphatic carbocycles. The molecule has 1 aromatic rings. The van der Waals surface area contributed by atoms with Gasteiger partial charge in [-0.25, -0.2) is 0 Å². The number of carbonyl (C=O) groups is 1. The number of benzene rings is 1. The summed E-state index contributed by atoms with van der Waals surface area (Å²) in [6.45, 7) is 0. The Morgan fingerprint density at radius 2 is 1.90 bits per heavy atom. The van der Waals surface area contributed by atoms with Crippen molar-refractivity contribution in [1.82, 2.24) is 4.90 Å². The van der Waals surface area contributed by atoms with Crippen LogP contribution in [0.4, 0.5) is 11.4 Å². The molecule has 0 aromatic heterocycles. The number of hydrogen-bond acceptors (Lipinski definition) is 4. The molecule has 1 saturated carbocycles. The van der Waals surface area contributed by atoms with Gasteiger partial charge in [0.25, 0.3) is 5.91 Å². The van der Waals surface area contributed by atoms with Gasteiger partial charge in [-0.3, -0.25) is 4.79 Å². The zero-order valence-corrected chi connectivity index (χ0v) is 13.0. The van der Waals surface area contributed by atoms with E-state index in [9.17, 15) is 9.90 Å². The molecule has 0 aliphatic heterocycles. The van der Waals surface area contributed by atoms with E-state index in [1.54, 1.807) is 31.1 Å². The number of hydrogen-bond donors (Lipinski definition) is 2. The molecule has 21 heavy (non-hydrogen) atoms. The third-order valence-electron chi connectivity index (χ3n) is 4.23. The second kappa shape index (κ2) is 6.35. The predicted octanol–water partition coefficient (Wildman–Crippen LogP) is 1.71. The minimum absolute atomic E-state index is 0.0364. The van der Waals surface area contributed by atoms with Gasteiger partial charge in [0.15, 0.2) is 0 Å². The van der Waals surface area contributed by atoms with Crippen LogP contribution in [-0.4, -0.2) is 49.2 Å². The number of amides is 1. The van der Waals surface area contributed by atoms with E-state index in [4.69, 9.17) is 5.73 Å². The number of aliphatic hydroxyl groups is 1. The number of nitrogens with two attached hydrogens (primary N) is 1. The van der Waals surface area contributed by atoms with Gasteiger partial charge in [0, 0.05) is 26.8 Å². The quantitative estimate of drug-likeness (QED) is 0.832. The Bertz CT molecular complexity index is 516. The zero-order chi connectivity index (χ0) is 15.6. The SMILES string of the molecule is CN(C)C(=O)c1ccc(N)cc1N(C)C1CCCCC1O. The van der Waals surface area contributed by atoms with Gasteiger partial charge in [0.2, 0.25) is 0 Å². The molecule has 0 saturated heterocycles. The summed E-state index contributed by atoms with van der Waals surface area (Å²) in [5.74, 6) is -0.0536. The molecule has 5 nitrogen and oxygen atoms in total. The Hall–Kier alpha value is -1.75. The fourth-order valence-electron chi connectivity index (χ4n) is 2.98. The number of anilines is 2. The number of nitrogen functional groups attached to an aromatic ring is 1. The first-order valence-electron chi connectivity index (χ1n) is 7.44. The summed E-state index contributed by atoms with van der Waals surface area (Å²) < 4.78 is 0. The topological polar surface area (TPSA) is 69.8 Å². The van der Waals surface area contributed by atoms with Crippen LogP contribution in [0.1, 0.15) is 36.0 Å². The van der Waals surface area contributed by atoms with E-state index < -0.39 is 0 Å². The summed E-state index contributed by atoms with van der Waals surface area (Å²) >= 11 is 0. The van der Waals surface area contributed by atoms with Crippen LogP contribution in [0.15, 0.2) is 18.2 Å². The van der Waals surface area contributed by atoms with E-state index in [1.165, 1.54) is 0 Å². The van der Waals surface area contributed by atoms with Crippen LogP contribution in [0.3, 0.4) is 0 Å². The van der Waals surface area contributed by atoms with Crippen LogP contribution in [0, 0.1) is 0 Å². The van der Waals surface area contributed by atoms with Crippen molar-refractivity contribution in [2.24, 2.45) is 0 Å². The molecule has 1 aromatic carbocycles. The molecule has 1 amide bonds. The average molecular weight is 291 g/mol. The maximum atomic E-state index is 12.3. The Morgan fingerprint density at radius 3 is 2.52 bits per heavy atom. The van der Waals surface area contributed by atoms with Crippen LogP contribution >= 0.6 is 0 Å². The van der Waals surface area contributed by atoms with Crippen molar-refractivity contribution in [3.05, 3.63) is 23.8 Å². The number of rotatable bonds is 3. The first-order valence-corrected chi connectivity index (χ1v) is 7.44. The second-order valence-electron chi connectivity index (χ2n) is 6.01. The highest BCUT2D eigenvalue weighted by Crippen LogP contribution is 2.30. The highest BCUT2D eigenvalue weighted by atomic mass is 16.3. The lowest BCUT2D eigenvalue weighted by Gasteiger charge is -2.37. The summed E-state index contributed by atoms with van der Waals surface area (Å²) in [7, 11) is 5.40. The molecule has 2 atom stereocenters. The van der Waals surface area contributed by atoms with Crippen molar-refractivity contribution in [3.8, 4) is 0 Å². The Balaban J connectivity index is 2.36. The van der Waals surface area contributed by atoms with Gasteiger partial charge >= 0.3 is 0 Å². The molecule has 0 radical (unpaired) electrons. The van der Waals surface area contributed by atoms with Crippen LogP contribution < -0.4 is 10.6 Å². The minimum Gasteiger partial charge on any atom is -0.399 e. The molecule has 0 spiro atoms. The summed E-state index contributed by atoms with van der Waals surface area (Å²) in [6, 6.07) is 5.36. The maximum Gasteiger partial charge on any atom is 0.255 e. The molecule has 2 unspecified atom stereocenters. The van der Waals surface area contributed by atoms with E-state index in [0.717, 1.165) is 31.4 Å². The summed E-state index contributed by atoms with van der Waals surface area (Å²) in [6.07, 6.45) is 3.56. The van der Waals surface area contributed by atoms with Gasteiger partial charge in [-0.2, -0.15) is 0 Å². The Labute approximate surface area is 126 Å². The summed E-state index contributed by atoms with van der Waals surface area (Å²) in [4.78, 5) is 15.9. The van der Waals surface area contributed by atoms with Gasteiger partial charge in [-0.1, -0.05) is 12.8 Å². The van der Waals surface area contributed by atoms with E-state index in [2.05, 4.69) is 0 Å². The van der Waals surface area contributed by atoms with E-state index in [-0.39, 0.29) is 18.1 Å². The lowest BCUT2D eigenvalue weighted by molar-refractivity contribution is 0.0825. The van der Waals surface area contributed by atoms with E-state index in [1.807, 2.05) is 18.0 Å². The van der Waals surface area contributed by atoms with Crippen LogP contribution in [0.5, 0.6) is 0 Å². The summed E-state index contributed by atoms with van der Waals surface area (Å²) in [5, 5.41) is 10.2. The minimum atomic E-state index is -0.354. The zero-order valence-electron chi connectivity index (χ0n) is 13.0. The van der Waals surface area contributed by atoms with Crippen molar-refractivity contribution < 1.29 is 9.90 Å². The van der Waals surface area contributed by atoms with Crippen molar-refractivity contribution >= 4 is 17.3 Å². The molecular weight excluding hydrogens is 266 g/mol. The number of likely N-dealkylation sites (N-methyl/N-ethyl adjacent to an activating group) is 1. The van der Waals surface area contributed by atoms with Crippen LogP contribution in [0.2, 0.25) is 0 Å². The van der Waals surface area contributed by atoms with Crippen LogP contribution in [0.25, 0.3) is 0 Å². The molecule has 5 heteroatoms. The number of aliphatic hydroxyl groups excluding tert-OH is 1. The molecule has 2 rings (SSSR count). The molecule has 1 fully saturated rings. The Morgan fingerprint density at radius 1 is 1.24 bits per heavy atom. The molecular formula is C16H25N3O2. The molecule has 116 valence electrons. The Kier molecular flexibility index (Phi) is 4.73. The van der Waals surface area contributed by atoms with Gasteiger partial charge in [-0.05, 0) is 31.0 Å². The van der Waals surface area contributed by atoms with Gasteiger partial charge < -0.3 is 20.6 Å². The van der Waals surface area contributed by atoms with Crippen molar-refractivity contribution in [3.63, 3.8) is 0 Å². The largest absolute Gasteiger partial charge is 0.399 e. The standard InChI is InChI=1S/C16H25N3O2/c1-18(2)16(21)12-9-8-11(17)10-14(12)19(3)13-6-4-5-7-15(13)20/h8-10,13,15,20H,4-7,17H2,1-3H3. The molecule has 0 heterocycles. The first kappa shape index (κ1) is 15.6. The van der Waals surface area contributed by atoms with Gasteiger partial charge in [-0.15, -0.1) is 0 Å². The second-order valence-corrected chi connectivity index (χ2v) is 6.01. The first-order chi connectivity index (χ1) is 9.91. The average Bonchev–Trinajstić information content (AvgIpc) is 2.46. The lowest BCUT2D eigenvalue weighted by Crippen LogP contribution is -2.44. The molecule has 3 N–H and O–H groups in total. The highest BCUT2D eigenvalue weighted by Gasteiger charge is 2.29. The predicted molar refractivity (Wildman–Crippen MR) is 85.5 cm³/mol. The summed E-state index contributed by atoms with van der Waals surface area (Å²) in [5.41, 5.74) is 7.93. The lowest BCUT2D eigenvalue weighted by atomic mass is 9.91. The molecule has 1 aliphatic rings. The van der Waals surface area contributed by atoms with Crippen molar-refractivity contribution in [2.75, 3.05) is 31.8 Å². The maximum absolute atomic E-state index is 12.3. The third-order valence-corrected chi connectivity index (χ3v) is 4.23.